The van der Waals surface area contributed by atoms with E-state index in [4.69, 9.17) is 10.3 Å². The van der Waals surface area contributed by atoms with Gasteiger partial charge < -0.3 is 15.5 Å². The predicted octanol–water partition coefficient (Wildman–Crippen LogP) is -0.392. The minimum atomic E-state index is -1.69. The first-order chi connectivity index (χ1) is 4.95. The Hall–Kier alpha value is -0.980. The van der Waals surface area contributed by atoms with Crippen molar-refractivity contribution in [2.24, 2.45) is 0 Å². The normalized spacial score (nSPS) is 13.1. The van der Waals surface area contributed by atoms with Crippen molar-refractivity contribution in [3.05, 3.63) is 5.21 Å². The van der Waals surface area contributed by atoms with Crippen molar-refractivity contribution in [3.63, 3.8) is 0 Å². The summed E-state index contributed by atoms with van der Waals surface area (Å²) in [4.78, 5) is 20.4. The number of carbonyl (C=O) groups is 2. The van der Waals surface area contributed by atoms with Crippen molar-refractivity contribution in [1.29, 1.82) is 0 Å². The Balaban J connectivity index is 4.12. The van der Waals surface area contributed by atoms with Crippen LogP contribution in [0.3, 0.4) is 0 Å². The van der Waals surface area contributed by atoms with Gasteiger partial charge in [0.25, 0.3) is 0 Å². The molecule has 0 aromatic carbocycles. The average Bonchev–Trinajstić information content (AvgIpc) is 1.81. The van der Waals surface area contributed by atoms with Gasteiger partial charge in [-0.2, -0.15) is 0 Å². The maximum atomic E-state index is 10.3. The van der Waals surface area contributed by atoms with Gasteiger partial charge in [-0.25, -0.2) is 0 Å². The van der Waals surface area contributed by atoms with Crippen molar-refractivity contribution in [1.82, 2.24) is 5.23 Å². The molecular formula is C5H8NO5-. The van der Waals surface area contributed by atoms with Crippen LogP contribution in [0.1, 0.15) is 13.3 Å². The number of carboxylic acids is 1. The Labute approximate surface area is 62.6 Å². The third-order valence-corrected chi connectivity index (χ3v) is 1.03. The number of Topliss-reactive ketones (excluding diaryl/α,β-unsaturated/α-hetero) is 1. The molecule has 1 atom stereocenters. The second-order valence-electron chi connectivity index (χ2n) is 2.06. The fraction of sp³-hybridized carbons (Fsp3) is 0.600. The summed E-state index contributed by atoms with van der Waals surface area (Å²) in [6.45, 7) is 1.14. The SMILES string of the molecule is CC(=O)CC(C(=O)O)N([O-])O. The molecule has 0 fully saturated rings. The van der Waals surface area contributed by atoms with Crippen LogP contribution in [0, 0.1) is 5.21 Å². The maximum Gasteiger partial charge on any atom is 0.322 e. The quantitative estimate of drug-likeness (QED) is 0.546. The Morgan fingerprint density at radius 1 is 1.64 bits per heavy atom. The molecule has 0 aromatic rings. The molecule has 0 aliphatic heterocycles. The molecule has 1 unspecified atom stereocenters. The van der Waals surface area contributed by atoms with E-state index in [1.807, 2.05) is 0 Å². The van der Waals surface area contributed by atoms with Gasteiger partial charge in [0.05, 0.1) is 0 Å². The monoisotopic (exact) mass is 162 g/mol. The van der Waals surface area contributed by atoms with Gasteiger partial charge in [0.1, 0.15) is 11.8 Å². The molecule has 6 heteroatoms. The van der Waals surface area contributed by atoms with Crippen LogP contribution in [-0.2, 0) is 9.59 Å². The van der Waals surface area contributed by atoms with Crippen molar-refractivity contribution in [2.75, 3.05) is 0 Å². The molecule has 0 aliphatic rings. The lowest BCUT2D eigenvalue weighted by Gasteiger charge is -2.25. The number of nitrogens with zero attached hydrogens (tertiary/aromatic N) is 1. The Morgan fingerprint density at radius 3 is 2.18 bits per heavy atom. The highest BCUT2D eigenvalue weighted by Crippen LogP contribution is 2.00. The van der Waals surface area contributed by atoms with Crippen LogP contribution in [0.25, 0.3) is 0 Å². The van der Waals surface area contributed by atoms with Gasteiger partial charge in [0.15, 0.2) is 0 Å². The molecule has 11 heavy (non-hydrogen) atoms. The first-order valence-electron chi connectivity index (χ1n) is 2.82. The molecule has 2 N–H and O–H groups in total. The number of carboxylic acid groups (broad SMARTS) is 1. The van der Waals surface area contributed by atoms with E-state index in [0.717, 1.165) is 6.92 Å². The summed E-state index contributed by atoms with van der Waals surface area (Å²) in [5.74, 6) is -1.98. The molecule has 0 radical (unpaired) electrons. The molecule has 0 spiro atoms. The van der Waals surface area contributed by atoms with Gasteiger partial charge in [-0.3, -0.25) is 14.8 Å². The molecule has 0 saturated carbocycles. The second kappa shape index (κ2) is 4.02. The zero-order chi connectivity index (χ0) is 9.02. The van der Waals surface area contributed by atoms with Crippen molar-refractivity contribution < 1.29 is 19.9 Å². The van der Waals surface area contributed by atoms with E-state index >= 15 is 0 Å². The highest BCUT2D eigenvalue weighted by Gasteiger charge is 2.19. The van der Waals surface area contributed by atoms with Crippen LogP contribution in [-0.4, -0.2) is 33.3 Å². The summed E-state index contributed by atoms with van der Waals surface area (Å²) in [6.07, 6.45) is -0.491. The van der Waals surface area contributed by atoms with Crippen molar-refractivity contribution in [3.8, 4) is 0 Å². The predicted molar refractivity (Wildman–Crippen MR) is 33.7 cm³/mol. The summed E-state index contributed by atoms with van der Waals surface area (Å²) < 4.78 is 0. The van der Waals surface area contributed by atoms with Crippen LogP contribution >= 0.6 is 0 Å². The van der Waals surface area contributed by atoms with Crippen molar-refractivity contribution in [2.45, 2.75) is 19.4 Å². The van der Waals surface area contributed by atoms with Gasteiger partial charge in [-0.1, -0.05) is 0 Å². The number of hydrogen-bond acceptors (Lipinski definition) is 5. The fourth-order valence-electron chi connectivity index (χ4n) is 0.532. The molecule has 6 nitrogen and oxygen atoms in total. The highest BCUT2D eigenvalue weighted by atomic mass is 16.8. The lowest BCUT2D eigenvalue weighted by Crippen LogP contribution is -2.36. The lowest BCUT2D eigenvalue weighted by molar-refractivity contribution is -0.160. The van der Waals surface area contributed by atoms with E-state index in [0.29, 0.717) is 0 Å². The van der Waals surface area contributed by atoms with Gasteiger partial charge in [0.2, 0.25) is 0 Å². The van der Waals surface area contributed by atoms with Gasteiger partial charge >= 0.3 is 5.97 Å². The van der Waals surface area contributed by atoms with Crippen LogP contribution < -0.4 is 0 Å². The van der Waals surface area contributed by atoms with E-state index in [2.05, 4.69) is 0 Å². The van der Waals surface area contributed by atoms with E-state index in [-0.39, 0.29) is 0 Å². The smallest absolute Gasteiger partial charge is 0.322 e. The van der Waals surface area contributed by atoms with Crippen LogP contribution in [0.4, 0.5) is 0 Å². The van der Waals surface area contributed by atoms with E-state index in [1.54, 1.807) is 0 Å². The molecular weight excluding hydrogens is 154 g/mol. The molecule has 0 aliphatic carbocycles. The Bertz CT molecular complexity index is 166. The Morgan fingerprint density at radius 2 is 2.09 bits per heavy atom. The number of hydroxylamine groups is 2. The molecule has 0 saturated heterocycles. The number of hydrogen-bond donors (Lipinski definition) is 2. The number of ketones is 1. The van der Waals surface area contributed by atoms with Gasteiger partial charge in [0, 0.05) is 6.42 Å². The summed E-state index contributed by atoms with van der Waals surface area (Å²) in [5.41, 5.74) is 0. The minimum Gasteiger partial charge on any atom is -0.762 e. The maximum absolute atomic E-state index is 10.3. The van der Waals surface area contributed by atoms with Crippen LogP contribution in [0.15, 0.2) is 0 Å². The van der Waals surface area contributed by atoms with E-state index < -0.39 is 29.4 Å². The van der Waals surface area contributed by atoms with E-state index in [9.17, 15) is 14.8 Å². The number of carbonyl (C=O) groups excluding carboxylic acids is 1. The van der Waals surface area contributed by atoms with Crippen LogP contribution in [0.5, 0.6) is 0 Å². The zero-order valence-corrected chi connectivity index (χ0v) is 5.85. The fourth-order valence-corrected chi connectivity index (χ4v) is 0.532. The average molecular weight is 162 g/mol. The summed E-state index contributed by atoms with van der Waals surface area (Å²) in [5, 5.41) is 25.7. The molecule has 64 valence electrons. The number of aliphatic carboxylic acids is 1. The molecule has 0 rings (SSSR count). The Kier molecular flexibility index (Phi) is 3.66. The topological polar surface area (TPSA) is 101 Å². The zero-order valence-electron chi connectivity index (χ0n) is 5.85. The molecule has 0 bridgehead atoms. The summed E-state index contributed by atoms with van der Waals surface area (Å²) >= 11 is 0. The molecule has 0 aromatic heterocycles. The number of rotatable bonds is 4. The third-order valence-electron chi connectivity index (χ3n) is 1.03. The van der Waals surface area contributed by atoms with Gasteiger partial charge in [-0.15, -0.1) is 0 Å². The van der Waals surface area contributed by atoms with Crippen LogP contribution in [0.2, 0.25) is 0 Å². The van der Waals surface area contributed by atoms with E-state index in [1.165, 1.54) is 0 Å². The minimum absolute atomic E-state index is 0.465. The van der Waals surface area contributed by atoms with Crippen molar-refractivity contribution >= 4 is 11.8 Å². The standard InChI is InChI=1S/C5H8NO5/c1-3(7)2-4(5(8)9)6(10)11/h4,10H,2H2,1H3,(H,8,9)/q-1. The van der Waals surface area contributed by atoms with Gasteiger partial charge in [-0.05, 0) is 6.92 Å². The summed E-state index contributed by atoms with van der Waals surface area (Å²) in [6, 6.07) is -1.69. The largest absolute Gasteiger partial charge is 0.762 e. The lowest BCUT2D eigenvalue weighted by atomic mass is 10.2. The first kappa shape index (κ1) is 10.0. The third kappa shape index (κ3) is 3.66. The molecule has 0 heterocycles. The highest BCUT2D eigenvalue weighted by molar-refractivity contribution is 5.84. The first-order valence-corrected chi connectivity index (χ1v) is 2.82. The summed E-state index contributed by atoms with van der Waals surface area (Å²) in [7, 11) is 0. The second-order valence-corrected chi connectivity index (χ2v) is 2.06. The molecule has 0 amide bonds.